The number of carbonyl (C=O) groups excluding carboxylic acids is 1. The van der Waals surface area contributed by atoms with Crippen molar-refractivity contribution < 1.29 is 4.79 Å². The molecular formula is C17H19N3O. The highest BCUT2D eigenvalue weighted by atomic mass is 16.1. The SMILES string of the molecule is O=Cc1ncccc1N1CCN(Cc2ccccc2)CC1. The number of piperazine rings is 1. The van der Waals surface area contributed by atoms with Gasteiger partial charge in [-0.25, -0.2) is 0 Å². The van der Waals surface area contributed by atoms with E-state index in [1.807, 2.05) is 18.2 Å². The Kier molecular flexibility index (Phi) is 4.26. The average Bonchev–Trinajstić information content (AvgIpc) is 2.56. The summed E-state index contributed by atoms with van der Waals surface area (Å²) in [6.07, 6.45) is 2.50. The monoisotopic (exact) mass is 281 g/mol. The van der Waals surface area contributed by atoms with Crippen molar-refractivity contribution in [3.8, 4) is 0 Å². The molecule has 0 amide bonds. The fraction of sp³-hybridized carbons (Fsp3) is 0.294. The van der Waals surface area contributed by atoms with Crippen LogP contribution in [-0.2, 0) is 6.54 Å². The van der Waals surface area contributed by atoms with Crippen molar-refractivity contribution >= 4 is 12.0 Å². The van der Waals surface area contributed by atoms with Crippen molar-refractivity contribution in [3.05, 3.63) is 59.9 Å². The van der Waals surface area contributed by atoms with Crippen LogP contribution in [-0.4, -0.2) is 42.3 Å². The van der Waals surface area contributed by atoms with Gasteiger partial charge in [-0.3, -0.25) is 14.7 Å². The molecule has 1 aliphatic rings. The number of carbonyl (C=O) groups is 1. The van der Waals surface area contributed by atoms with Gasteiger partial charge < -0.3 is 4.90 Å². The standard InChI is InChI=1S/C17H19N3O/c21-14-16-17(7-4-8-18-16)20-11-9-19(10-12-20)13-15-5-2-1-3-6-15/h1-8,14H,9-13H2. The van der Waals surface area contributed by atoms with Gasteiger partial charge in [0.25, 0.3) is 0 Å². The molecule has 0 radical (unpaired) electrons. The van der Waals surface area contributed by atoms with Crippen LogP contribution in [0.25, 0.3) is 0 Å². The van der Waals surface area contributed by atoms with Gasteiger partial charge in [-0.1, -0.05) is 30.3 Å². The Bertz CT molecular complexity index is 592. The molecule has 2 heterocycles. The van der Waals surface area contributed by atoms with Crippen LogP contribution in [0.5, 0.6) is 0 Å². The Morgan fingerprint density at radius 3 is 2.48 bits per heavy atom. The molecule has 0 atom stereocenters. The summed E-state index contributed by atoms with van der Waals surface area (Å²) in [5, 5.41) is 0. The Morgan fingerprint density at radius 2 is 1.76 bits per heavy atom. The highest BCUT2D eigenvalue weighted by molar-refractivity contribution is 5.81. The third-order valence-corrected chi connectivity index (χ3v) is 3.89. The minimum absolute atomic E-state index is 0.536. The van der Waals surface area contributed by atoms with Gasteiger partial charge in [-0.2, -0.15) is 0 Å². The second-order valence-electron chi connectivity index (χ2n) is 5.27. The van der Waals surface area contributed by atoms with Crippen LogP contribution in [0.1, 0.15) is 16.1 Å². The van der Waals surface area contributed by atoms with E-state index in [0.717, 1.165) is 44.7 Å². The highest BCUT2D eigenvalue weighted by Crippen LogP contribution is 2.19. The van der Waals surface area contributed by atoms with Crippen LogP contribution in [0.3, 0.4) is 0 Å². The summed E-state index contributed by atoms with van der Waals surface area (Å²) >= 11 is 0. The lowest BCUT2D eigenvalue weighted by atomic mass is 10.2. The number of hydrogen-bond donors (Lipinski definition) is 0. The predicted octanol–water partition coefficient (Wildman–Crippen LogP) is 2.22. The van der Waals surface area contributed by atoms with Gasteiger partial charge in [0.15, 0.2) is 6.29 Å². The van der Waals surface area contributed by atoms with E-state index in [0.29, 0.717) is 5.69 Å². The van der Waals surface area contributed by atoms with E-state index in [-0.39, 0.29) is 0 Å². The number of hydrogen-bond acceptors (Lipinski definition) is 4. The quantitative estimate of drug-likeness (QED) is 0.805. The zero-order chi connectivity index (χ0) is 14.5. The first-order chi connectivity index (χ1) is 10.4. The lowest BCUT2D eigenvalue weighted by Gasteiger charge is -2.36. The van der Waals surface area contributed by atoms with E-state index in [1.54, 1.807) is 6.20 Å². The van der Waals surface area contributed by atoms with Crippen molar-refractivity contribution in [2.75, 3.05) is 31.1 Å². The van der Waals surface area contributed by atoms with E-state index in [4.69, 9.17) is 0 Å². The Morgan fingerprint density at radius 1 is 1.00 bits per heavy atom. The molecule has 0 unspecified atom stereocenters. The molecule has 1 aromatic carbocycles. The molecule has 1 aliphatic heterocycles. The van der Waals surface area contributed by atoms with Crippen molar-refractivity contribution in [2.45, 2.75) is 6.54 Å². The van der Waals surface area contributed by atoms with Crippen molar-refractivity contribution in [1.82, 2.24) is 9.88 Å². The minimum Gasteiger partial charge on any atom is -0.367 e. The van der Waals surface area contributed by atoms with Gasteiger partial charge >= 0.3 is 0 Å². The third kappa shape index (κ3) is 3.28. The van der Waals surface area contributed by atoms with E-state index in [9.17, 15) is 4.79 Å². The average molecular weight is 281 g/mol. The summed E-state index contributed by atoms with van der Waals surface area (Å²) in [7, 11) is 0. The van der Waals surface area contributed by atoms with Crippen molar-refractivity contribution in [1.29, 1.82) is 0 Å². The predicted molar refractivity (Wildman–Crippen MR) is 83.6 cm³/mol. The molecule has 0 saturated carbocycles. The first-order valence-electron chi connectivity index (χ1n) is 7.28. The number of aromatic nitrogens is 1. The number of benzene rings is 1. The van der Waals surface area contributed by atoms with Crippen LogP contribution in [0, 0.1) is 0 Å². The lowest BCUT2D eigenvalue weighted by Crippen LogP contribution is -2.46. The zero-order valence-electron chi connectivity index (χ0n) is 12.0. The van der Waals surface area contributed by atoms with Crippen LogP contribution in [0.4, 0.5) is 5.69 Å². The third-order valence-electron chi connectivity index (χ3n) is 3.89. The van der Waals surface area contributed by atoms with E-state index < -0.39 is 0 Å². The second kappa shape index (κ2) is 6.50. The topological polar surface area (TPSA) is 36.4 Å². The van der Waals surface area contributed by atoms with E-state index in [1.165, 1.54) is 5.56 Å². The van der Waals surface area contributed by atoms with E-state index >= 15 is 0 Å². The molecule has 0 spiro atoms. The molecule has 4 heteroatoms. The van der Waals surface area contributed by atoms with Gasteiger partial charge in [-0.15, -0.1) is 0 Å². The fourth-order valence-electron chi connectivity index (χ4n) is 2.76. The second-order valence-corrected chi connectivity index (χ2v) is 5.27. The molecule has 3 rings (SSSR count). The summed E-state index contributed by atoms with van der Waals surface area (Å²) in [4.78, 5) is 19.9. The molecule has 1 fully saturated rings. The molecule has 1 aromatic heterocycles. The number of nitrogens with zero attached hydrogens (tertiary/aromatic N) is 3. The summed E-state index contributed by atoms with van der Waals surface area (Å²) in [5.41, 5.74) is 2.83. The van der Waals surface area contributed by atoms with Crippen molar-refractivity contribution in [3.63, 3.8) is 0 Å². The van der Waals surface area contributed by atoms with Crippen LogP contribution in [0.15, 0.2) is 48.7 Å². The maximum Gasteiger partial charge on any atom is 0.170 e. The summed E-state index contributed by atoms with van der Waals surface area (Å²) < 4.78 is 0. The molecule has 0 N–H and O–H groups in total. The van der Waals surface area contributed by atoms with Crippen LogP contribution in [0.2, 0.25) is 0 Å². The summed E-state index contributed by atoms with van der Waals surface area (Å²) in [5.74, 6) is 0. The number of rotatable bonds is 4. The largest absolute Gasteiger partial charge is 0.367 e. The maximum absolute atomic E-state index is 11.1. The summed E-state index contributed by atoms with van der Waals surface area (Å²) in [6, 6.07) is 14.4. The Hall–Kier alpha value is -2.20. The van der Waals surface area contributed by atoms with Crippen LogP contribution >= 0.6 is 0 Å². The number of pyridine rings is 1. The van der Waals surface area contributed by atoms with E-state index in [2.05, 4.69) is 39.0 Å². The van der Waals surface area contributed by atoms with Gasteiger partial charge in [0.05, 0.1) is 5.69 Å². The molecule has 1 saturated heterocycles. The molecular weight excluding hydrogens is 262 g/mol. The molecule has 108 valence electrons. The Balaban J connectivity index is 1.61. The first-order valence-corrected chi connectivity index (χ1v) is 7.28. The van der Waals surface area contributed by atoms with Gasteiger partial charge in [-0.05, 0) is 17.7 Å². The van der Waals surface area contributed by atoms with Crippen molar-refractivity contribution in [2.24, 2.45) is 0 Å². The number of aldehydes is 1. The molecule has 2 aromatic rings. The first kappa shape index (κ1) is 13.8. The minimum atomic E-state index is 0.536. The summed E-state index contributed by atoms with van der Waals surface area (Å²) in [6.45, 7) is 4.85. The highest BCUT2D eigenvalue weighted by Gasteiger charge is 2.19. The molecule has 0 aliphatic carbocycles. The maximum atomic E-state index is 11.1. The lowest BCUT2D eigenvalue weighted by molar-refractivity contribution is 0.111. The van der Waals surface area contributed by atoms with Gasteiger partial charge in [0.2, 0.25) is 0 Å². The molecule has 0 bridgehead atoms. The zero-order valence-corrected chi connectivity index (χ0v) is 12.0. The van der Waals surface area contributed by atoms with Gasteiger partial charge in [0, 0.05) is 38.9 Å². The number of anilines is 1. The van der Waals surface area contributed by atoms with Gasteiger partial charge in [0.1, 0.15) is 5.69 Å². The van der Waals surface area contributed by atoms with Crippen LogP contribution < -0.4 is 4.90 Å². The normalized spacial score (nSPS) is 15.9. The Labute approximate surface area is 125 Å². The fourth-order valence-corrected chi connectivity index (χ4v) is 2.76. The molecule has 21 heavy (non-hydrogen) atoms. The molecule has 4 nitrogen and oxygen atoms in total. The smallest absolute Gasteiger partial charge is 0.170 e.